The maximum Gasteiger partial charge on any atom is 0.342 e. The zero-order valence-electron chi connectivity index (χ0n) is 11.6. The molecule has 112 valence electrons. The van der Waals surface area contributed by atoms with Crippen LogP contribution in [0.1, 0.15) is 22.8 Å². The summed E-state index contributed by atoms with van der Waals surface area (Å²) in [4.78, 5) is 33.4. The smallest absolute Gasteiger partial charge is 0.342 e. The van der Waals surface area contributed by atoms with Crippen molar-refractivity contribution in [3.05, 3.63) is 45.2 Å². The Balaban J connectivity index is 3.56. The van der Waals surface area contributed by atoms with Crippen molar-refractivity contribution in [3.63, 3.8) is 0 Å². The van der Waals surface area contributed by atoms with E-state index in [2.05, 4.69) is 9.47 Å². The van der Waals surface area contributed by atoms with E-state index in [1.165, 1.54) is 19.1 Å². The van der Waals surface area contributed by atoms with E-state index in [1.807, 2.05) is 0 Å². The minimum Gasteiger partial charge on any atom is -0.512 e. The Morgan fingerprint density at radius 1 is 1.24 bits per heavy atom. The van der Waals surface area contributed by atoms with E-state index in [1.54, 1.807) is 0 Å². The number of nitro groups is 1. The van der Waals surface area contributed by atoms with Gasteiger partial charge in [-0.2, -0.15) is 0 Å². The fourth-order valence-electron chi connectivity index (χ4n) is 1.69. The number of ether oxygens (including phenoxy) is 2. The quantitative estimate of drug-likeness (QED) is 0.296. The highest BCUT2D eigenvalue weighted by molar-refractivity contribution is 6.18. The molecule has 0 radical (unpaired) electrons. The molecule has 1 aromatic carbocycles. The Morgan fingerprint density at radius 3 is 2.29 bits per heavy atom. The zero-order valence-corrected chi connectivity index (χ0v) is 11.6. The third-order valence-electron chi connectivity index (χ3n) is 2.64. The number of esters is 2. The third kappa shape index (κ3) is 3.35. The van der Waals surface area contributed by atoms with E-state index in [0.717, 1.165) is 20.3 Å². The van der Waals surface area contributed by atoms with E-state index in [0.29, 0.717) is 0 Å². The number of aliphatic hydroxyl groups is 1. The van der Waals surface area contributed by atoms with Crippen LogP contribution in [0.15, 0.2) is 24.0 Å². The summed E-state index contributed by atoms with van der Waals surface area (Å²) in [5.74, 6) is -2.12. The van der Waals surface area contributed by atoms with Gasteiger partial charge < -0.3 is 14.6 Å². The van der Waals surface area contributed by atoms with Crippen LogP contribution in [0.3, 0.4) is 0 Å². The standard InChI is InChI=1S/C13H13NO7/c1-7(15)11(13(17)21-3)9-5-4-8(12(16)20-2)6-10(9)14(18)19/h4-6,15H,1-3H3. The molecule has 0 amide bonds. The molecule has 1 rings (SSSR count). The predicted octanol–water partition coefficient (Wildman–Crippen LogP) is 1.84. The summed E-state index contributed by atoms with van der Waals surface area (Å²) < 4.78 is 8.96. The van der Waals surface area contributed by atoms with Gasteiger partial charge in [0, 0.05) is 6.07 Å². The highest BCUT2D eigenvalue weighted by atomic mass is 16.6. The average molecular weight is 295 g/mol. The van der Waals surface area contributed by atoms with Crippen LogP contribution >= 0.6 is 0 Å². The number of allylic oxidation sites excluding steroid dienone is 1. The fourth-order valence-corrected chi connectivity index (χ4v) is 1.69. The molecule has 0 saturated carbocycles. The molecule has 0 bridgehead atoms. The van der Waals surface area contributed by atoms with Crippen molar-refractivity contribution in [1.29, 1.82) is 0 Å². The van der Waals surface area contributed by atoms with Crippen molar-refractivity contribution < 1.29 is 29.1 Å². The van der Waals surface area contributed by atoms with Gasteiger partial charge in [-0.1, -0.05) is 0 Å². The van der Waals surface area contributed by atoms with Gasteiger partial charge in [0.05, 0.1) is 30.3 Å². The van der Waals surface area contributed by atoms with Crippen LogP contribution in [0.5, 0.6) is 0 Å². The molecule has 8 nitrogen and oxygen atoms in total. The number of methoxy groups -OCH3 is 2. The Hall–Kier alpha value is -2.90. The van der Waals surface area contributed by atoms with Gasteiger partial charge >= 0.3 is 11.9 Å². The molecule has 1 aromatic rings. The second-order valence-electron chi connectivity index (χ2n) is 3.93. The number of hydrogen-bond acceptors (Lipinski definition) is 7. The summed E-state index contributed by atoms with van der Waals surface area (Å²) in [6.45, 7) is 1.20. The molecule has 0 unspecified atom stereocenters. The maximum atomic E-state index is 11.6. The fraction of sp³-hybridized carbons (Fsp3) is 0.231. The highest BCUT2D eigenvalue weighted by Gasteiger charge is 2.26. The number of aliphatic hydroxyl groups excluding tert-OH is 1. The lowest BCUT2D eigenvalue weighted by Crippen LogP contribution is -2.10. The first-order valence-electron chi connectivity index (χ1n) is 5.68. The number of hydrogen-bond donors (Lipinski definition) is 1. The zero-order chi connectivity index (χ0) is 16.2. The molecule has 0 aliphatic carbocycles. The molecule has 21 heavy (non-hydrogen) atoms. The lowest BCUT2D eigenvalue weighted by Gasteiger charge is -2.08. The molecular weight excluding hydrogens is 282 g/mol. The Morgan fingerprint density at radius 2 is 1.86 bits per heavy atom. The molecule has 0 aromatic heterocycles. The molecular formula is C13H13NO7. The molecule has 0 fully saturated rings. The van der Waals surface area contributed by atoms with Gasteiger partial charge in [-0.3, -0.25) is 10.1 Å². The van der Waals surface area contributed by atoms with Gasteiger partial charge in [0.15, 0.2) is 0 Å². The first kappa shape index (κ1) is 16.2. The molecule has 0 aliphatic rings. The van der Waals surface area contributed by atoms with Gasteiger partial charge in [-0.15, -0.1) is 0 Å². The van der Waals surface area contributed by atoms with Crippen LogP contribution in [-0.2, 0) is 14.3 Å². The van der Waals surface area contributed by atoms with Crippen LogP contribution in [-0.4, -0.2) is 36.2 Å². The van der Waals surface area contributed by atoms with Crippen molar-refractivity contribution >= 4 is 23.2 Å². The second-order valence-corrected chi connectivity index (χ2v) is 3.93. The summed E-state index contributed by atoms with van der Waals surface area (Å²) >= 11 is 0. The van der Waals surface area contributed by atoms with Crippen LogP contribution in [0.2, 0.25) is 0 Å². The van der Waals surface area contributed by atoms with Gasteiger partial charge in [-0.05, 0) is 19.1 Å². The predicted molar refractivity (Wildman–Crippen MR) is 71.7 cm³/mol. The number of carbonyl (C=O) groups is 2. The molecule has 8 heteroatoms. The topological polar surface area (TPSA) is 116 Å². The molecule has 0 atom stereocenters. The summed E-state index contributed by atoms with van der Waals surface area (Å²) in [5.41, 5.74) is -1.07. The summed E-state index contributed by atoms with van der Waals surface area (Å²) in [7, 11) is 2.22. The SMILES string of the molecule is COC(=O)C(=C(C)O)c1ccc(C(=O)OC)cc1[N+](=O)[O-]. The van der Waals surface area contributed by atoms with Crippen molar-refractivity contribution in [1.82, 2.24) is 0 Å². The van der Waals surface area contributed by atoms with Crippen molar-refractivity contribution in [2.24, 2.45) is 0 Å². The number of rotatable bonds is 4. The average Bonchev–Trinajstić information content (AvgIpc) is 2.45. The van der Waals surface area contributed by atoms with E-state index in [4.69, 9.17) is 0 Å². The van der Waals surface area contributed by atoms with E-state index in [-0.39, 0.29) is 16.7 Å². The molecule has 0 saturated heterocycles. The largest absolute Gasteiger partial charge is 0.512 e. The minimum absolute atomic E-state index is 0.0484. The van der Waals surface area contributed by atoms with Gasteiger partial charge in [0.1, 0.15) is 11.3 Å². The molecule has 0 aliphatic heterocycles. The summed E-state index contributed by atoms with van der Waals surface area (Å²) in [6, 6.07) is 3.39. The summed E-state index contributed by atoms with van der Waals surface area (Å²) in [6.07, 6.45) is 0. The lowest BCUT2D eigenvalue weighted by atomic mass is 10.0. The maximum absolute atomic E-state index is 11.6. The molecule has 0 heterocycles. The summed E-state index contributed by atoms with van der Waals surface area (Å²) in [5, 5.41) is 20.7. The highest BCUT2D eigenvalue weighted by Crippen LogP contribution is 2.30. The van der Waals surface area contributed by atoms with E-state index >= 15 is 0 Å². The number of carbonyl (C=O) groups excluding carboxylic acids is 2. The monoisotopic (exact) mass is 295 g/mol. The van der Waals surface area contributed by atoms with Crippen LogP contribution in [0.4, 0.5) is 5.69 Å². The van der Waals surface area contributed by atoms with Crippen molar-refractivity contribution in [2.75, 3.05) is 14.2 Å². The molecule has 0 spiro atoms. The Bertz CT molecular complexity index is 629. The van der Waals surface area contributed by atoms with E-state index in [9.17, 15) is 24.8 Å². The van der Waals surface area contributed by atoms with Crippen LogP contribution in [0, 0.1) is 10.1 Å². The number of nitrogens with zero attached hydrogens (tertiary/aromatic N) is 1. The third-order valence-corrected chi connectivity index (χ3v) is 2.64. The lowest BCUT2D eigenvalue weighted by molar-refractivity contribution is -0.385. The van der Waals surface area contributed by atoms with E-state index < -0.39 is 28.3 Å². The second kappa shape index (κ2) is 6.51. The Kier molecular flexibility index (Phi) is 5.01. The minimum atomic E-state index is -0.927. The normalized spacial score (nSPS) is 11.4. The van der Waals surface area contributed by atoms with Crippen molar-refractivity contribution in [3.8, 4) is 0 Å². The first-order valence-corrected chi connectivity index (χ1v) is 5.68. The van der Waals surface area contributed by atoms with Crippen molar-refractivity contribution in [2.45, 2.75) is 6.92 Å². The van der Waals surface area contributed by atoms with Crippen LogP contribution < -0.4 is 0 Å². The Labute approximate surface area is 119 Å². The van der Waals surface area contributed by atoms with Gasteiger partial charge in [-0.25, -0.2) is 9.59 Å². The van der Waals surface area contributed by atoms with Gasteiger partial charge in [0.2, 0.25) is 0 Å². The van der Waals surface area contributed by atoms with Gasteiger partial charge in [0.25, 0.3) is 5.69 Å². The first-order chi connectivity index (χ1) is 9.83. The van der Waals surface area contributed by atoms with Crippen LogP contribution in [0.25, 0.3) is 5.57 Å². The molecule has 1 N–H and O–H groups in total. The number of nitro benzene ring substituents is 1. The number of benzene rings is 1.